The zero-order valence-electron chi connectivity index (χ0n) is 11.7. The van der Waals surface area contributed by atoms with Crippen LogP contribution in [-0.2, 0) is 4.79 Å². The van der Waals surface area contributed by atoms with E-state index in [0.29, 0.717) is 12.0 Å². The smallest absolute Gasteiger partial charge is 0.263 e. The number of carbonyl (C=O) groups is 2. The largest absolute Gasteiger partial charge is 0.358 e. The Morgan fingerprint density at radius 3 is 2.80 bits per heavy atom. The van der Waals surface area contributed by atoms with E-state index in [1.54, 1.807) is 7.05 Å². The lowest BCUT2D eigenvalue weighted by atomic mass is 10.0. The van der Waals surface area contributed by atoms with Gasteiger partial charge in [0.25, 0.3) is 5.91 Å². The number of nitrogens with zero attached hydrogens (tertiary/aromatic N) is 2. The number of fused-ring (bicyclic) bond motifs is 1. The highest BCUT2D eigenvalue weighted by molar-refractivity contribution is 7.12. The Hall–Kier alpha value is -1.40. The molecule has 3 rings (SSSR count). The van der Waals surface area contributed by atoms with Crippen molar-refractivity contribution in [2.45, 2.75) is 18.5 Å². The highest BCUT2D eigenvalue weighted by Crippen LogP contribution is 2.35. The molecule has 6 heteroatoms. The minimum atomic E-state index is -0.0472. The van der Waals surface area contributed by atoms with Gasteiger partial charge in [-0.3, -0.25) is 14.5 Å². The molecule has 0 aromatic carbocycles. The van der Waals surface area contributed by atoms with Gasteiger partial charge in [-0.05, 0) is 30.8 Å². The molecule has 0 spiro atoms. The second-order valence-corrected chi connectivity index (χ2v) is 6.49. The van der Waals surface area contributed by atoms with Crippen molar-refractivity contribution in [2.24, 2.45) is 5.92 Å². The van der Waals surface area contributed by atoms with E-state index >= 15 is 0 Å². The van der Waals surface area contributed by atoms with Crippen LogP contribution in [0.4, 0.5) is 0 Å². The van der Waals surface area contributed by atoms with Gasteiger partial charge in [-0.1, -0.05) is 6.07 Å². The van der Waals surface area contributed by atoms with E-state index < -0.39 is 0 Å². The van der Waals surface area contributed by atoms with E-state index in [1.165, 1.54) is 11.3 Å². The van der Waals surface area contributed by atoms with E-state index in [1.807, 2.05) is 29.5 Å². The van der Waals surface area contributed by atoms with Crippen molar-refractivity contribution < 1.29 is 9.59 Å². The number of hydrogen-bond donors (Lipinski definition) is 1. The number of nitrogens with one attached hydrogen (secondary N) is 1. The SMILES string of the molecule is CNC(=O)[C@H]1C[C@@H]2CN(C(=O)c3cccs3)C[C@@H]2N1C. The fourth-order valence-electron chi connectivity index (χ4n) is 3.41. The van der Waals surface area contributed by atoms with Gasteiger partial charge in [-0.15, -0.1) is 11.3 Å². The topological polar surface area (TPSA) is 52.7 Å². The summed E-state index contributed by atoms with van der Waals surface area (Å²) in [6, 6.07) is 4.04. The van der Waals surface area contributed by atoms with Crippen LogP contribution in [0.3, 0.4) is 0 Å². The Balaban J connectivity index is 1.68. The summed E-state index contributed by atoms with van der Waals surface area (Å²) in [6.45, 7) is 1.49. The van der Waals surface area contributed by atoms with Gasteiger partial charge in [0.15, 0.2) is 0 Å². The summed E-state index contributed by atoms with van der Waals surface area (Å²) in [5, 5.41) is 4.65. The van der Waals surface area contributed by atoms with Crippen LogP contribution in [0, 0.1) is 5.92 Å². The standard InChI is InChI=1S/C14H19N3O2S/c1-15-13(18)10-6-9-7-17(8-11(9)16(10)2)14(19)12-4-3-5-20-12/h3-5,9-11H,6-8H2,1-2H3,(H,15,18)/t9-,10-,11+/m1/s1. The maximum absolute atomic E-state index is 12.4. The molecule has 0 unspecified atom stereocenters. The van der Waals surface area contributed by atoms with Crippen molar-refractivity contribution in [3.8, 4) is 0 Å². The quantitative estimate of drug-likeness (QED) is 0.870. The summed E-state index contributed by atoms with van der Waals surface area (Å²) in [5.41, 5.74) is 0. The molecule has 2 saturated heterocycles. The zero-order valence-corrected chi connectivity index (χ0v) is 12.5. The molecule has 0 saturated carbocycles. The second-order valence-electron chi connectivity index (χ2n) is 5.55. The molecule has 0 radical (unpaired) electrons. The third-order valence-electron chi connectivity index (χ3n) is 4.52. The number of likely N-dealkylation sites (N-methyl/N-ethyl adjacent to an activating group) is 2. The third kappa shape index (κ3) is 2.13. The molecule has 20 heavy (non-hydrogen) atoms. The molecule has 1 aromatic heterocycles. The van der Waals surface area contributed by atoms with E-state index in [9.17, 15) is 9.59 Å². The average Bonchev–Trinajstić information content (AvgIpc) is 3.15. The van der Waals surface area contributed by atoms with Crippen molar-refractivity contribution in [1.29, 1.82) is 0 Å². The van der Waals surface area contributed by atoms with Crippen molar-refractivity contribution in [3.63, 3.8) is 0 Å². The summed E-state index contributed by atoms with van der Waals surface area (Å²) in [7, 11) is 3.67. The van der Waals surface area contributed by atoms with E-state index in [0.717, 1.165) is 24.4 Å². The minimum absolute atomic E-state index is 0.0472. The number of amides is 2. The van der Waals surface area contributed by atoms with Gasteiger partial charge in [0, 0.05) is 26.2 Å². The molecule has 0 bridgehead atoms. The van der Waals surface area contributed by atoms with E-state index in [4.69, 9.17) is 0 Å². The molecule has 2 amide bonds. The number of rotatable bonds is 2. The van der Waals surface area contributed by atoms with Gasteiger partial charge in [-0.25, -0.2) is 0 Å². The lowest BCUT2D eigenvalue weighted by Gasteiger charge is -2.25. The van der Waals surface area contributed by atoms with Crippen LogP contribution in [-0.4, -0.2) is 60.9 Å². The molecule has 0 aliphatic carbocycles. The van der Waals surface area contributed by atoms with Crippen molar-refractivity contribution in [2.75, 3.05) is 27.2 Å². The Bertz CT molecular complexity index is 516. The lowest BCUT2D eigenvalue weighted by Crippen LogP contribution is -2.45. The first kappa shape index (κ1) is 13.6. The van der Waals surface area contributed by atoms with Gasteiger partial charge in [0.1, 0.15) is 0 Å². The summed E-state index contributed by atoms with van der Waals surface area (Å²) >= 11 is 1.49. The molecule has 2 fully saturated rings. The molecular weight excluding hydrogens is 274 g/mol. The van der Waals surface area contributed by atoms with Crippen LogP contribution < -0.4 is 5.32 Å². The molecule has 2 aliphatic heterocycles. The molecule has 1 N–H and O–H groups in total. The van der Waals surface area contributed by atoms with Gasteiger partial charge in [0.05, 0.1) is 10.9 Å². The first-order valence-electron chi connectivity index (χ1n) is 6.88. The van der Waals surface area contributed by atoms with Gasteiger partial charge >= 0.3 is 0 Å². The van der Waals surface area contributed by atoms with Gasteiger partial charge in [-0.2, -0.15) is 0 Å². The molecular formula is C14H19N3O2S. The highest BCUT2D eigenvalue weighted by Gasteiger charge is 2.48. The zero-order chi connectivity index (χ0) is 14.3. The summed E-state index contributed by atoms with van der Waals surface area (Å²) in [6.07, 6.45) is 0.842. The van der Waals surface area contributed by atoms with Gasteiger partial charge < -0.3 is 10.2 Å². The fourth-order valence-corrected chi connectivity index (χ4v) is 4.10. The van der Waals surface area contributed by atoms with E-state index in [-0.39, 0.29) is 17.9 Å². The first-order chi connectivity index (χ1) is 9.61. The van der Waals surface area contributed by atoms with Crippen molar-refractivity contribution in [1.82, 2.24) is 15.1 Å². The third-order valence-corrected chi connectivity index (χ3v) is 5.37. The summed E-state index contributed by atoms with van der Waals surface area (Å²) in [5.74, 6) is 0.614. The van der Waals surface area contributed by atoms with Crippen LogP contribution in [0.15, 0.2) is 17.5 Å². The van der Waals surface area contributed by atoms with Crippen LogP contribution in [0.5, 0.6) is 0 Å². The predicted octanol–water partition coefficient (Wildman–Crippen LogP) is 0.639. The van der Waals surface area contributed by atoms with Crippen molar-refractivity contribution >= 4 is 23.2 Å². The first-order valence-corrected chi connectivity index (χ1v) is 7.76. The van der Waals surface area contributed by atoms with Crippen LogP contribution in [0.25, 0.3) is 0 Å². The second kappa shape index (κ2) is 5.18. The molecule has 5 nitrogen and oxygen atoms in total. The van der Waals surface area contributed by atoms with Crippen LogP contribution >= 0.6 is 11.3 Å². The maximum atomic E-state index is 12.4. The highest BCUT2D eigenvalue weighted by atomic mass is 32.1. The molecule has 3 heterocycles. The number of likely N-dealkylation sites (tertiary alicyclic amines) is 2. The van der Waals surface area contributed by atoms with Gasteiger partial charge in [0.2, 0.25) is 5.91 Å². The number of hydrogen-bond acceptors (Lipinski definition) is 4. The Morgan fingerprint density at radius 1 is 1.40 bits per heavy atom. The maximum Gasteiger partial charge on any atom is 0.263 e. The molecule has 108 valence electrons. The van der Waals surface area contributed by atoms with Crippen molar-refractivity contribution in [3.05, 3.63) is 22.4 Å². The summed E-state index contributed by atoms with van der Waals surface area (Å²) in [4.78, 5) is 29.0. The number of thiophene rings is 1. The Kier molecular flexibility index (Phi) is 3.52. The monoisotopic (exact) mass is 293 g/mol. The predicted molar refractivity (Wildman–Crippen MR) is 77.7 cm³/mol. The fraction of sp³-hybridized carbons (Fsp3) is 0.571. The lowest BCUT2D eigenvalue weighted by molar-refractivity contribution is -0.125. The Morgan fingerprint density at radius 2 is 2.20 bits per heavy atom. The summed E-state index contributed by atoms with van der Waals surface area (Å²) < 4.78 is 0. The minimum Gasteiger partial charge on any atom is -0.358 e. The molecule has 1 aromatic rings. The van der Waals surface area contributed by atoms with Crippen LogP contribution in [0.1, 0.15) is 16.1 Å². The van der Waals surface area contributed by atoms with E-state index in [2.05, 4.69) is 10.2 Å². The Labute approximate surface area is 122 Å². The average molecular weight is 293 g/mol. The molecule has 3 atom stereocenters. The number of carbonyl (C=O) groups excluding carboxylic acids is 2. The van der Waals surface area contributed by atoms with Crippen LogP contribution in [0.2, 0.25) is 0 Å². The normalized spacial score (nSPS) is 29.5. The molecule has 2 aliphatic rings.